The summed E-state index contributed by atoms with van der Waals surface area (Å²) >= 11 is 14.4. The van der Waals surface area contributed by atoms with Crippen molar-refractivity contribution in [3.63, 3.8) is 0 Å². The zero-order valence-corrected chi connectivity index (χ0v) is 80.0. The first-order valence-corrected chi connectivity index (χ1v) is 45.3. The summed E-state index contributed by atoms with van der Waals surface area (Å²) in [6, 6.07) is 110. The average molecular weight is 2020 g/mol. The zero-order chi connectivity index (χ0) is 92.0. The van der Waals surface area contributed by atoms with Gasteiger partial charge in [-0.15, -0.1) is 0 Å². The van der Waals surface area contributed by atoms with E-state index in [9.17, 15) is 29.4 Å². The van der Waals surface area contributed by atoms with Gasteiger partial charge >= 0.3 is 6.16 Å². The van der Waals surface area contributed by atoms with Crippen molar-refractivity contribution in [3.8, 4) is 0 Å². The second-order valence-corrected chi connectivity index (χ2v) is 33.9. The number of carbonyl (C=O) groups excluding carboxylic acids is 4. The van der Waals surface area contributed by atoms with E-state index in [1.807, 2.05) is 237 Å². The maximum absolute atomic E-state index is 11.6. The maximum Gasteiger partial charge on any atom is 0.509 e. The molecule has 14 nitrogen and oxygen atoms in total. The molecule has 0 aliphatic carbocycles. The fourth-order valence-corrected chi connectivity index (χ4v) is 14.8. The molecule has 6 aliphatic heterocycles. The fourth-order valence-electron chi connectivity index (χ4n) is 14.8. The molecule has 690 valence electrons. The second kappa shape index (κ2) is 57.6. The summed E-state index contributed by atoms with van der Waals surface area (Å²) in [5.41, 5.74) is 21.2. The first-order valence-electron chi connectivity index (χ1n) is 43.9. The minimum atomic E-state index is -0.851. The Kier molecular flexibility index (Phi) is 45.5. The third kappa shape index (κ3) is 36.6. The van der Waals surface area contributed by atoms with Crippen molar-refractivity contribution in [2.24, 2.45) is 0 Å². The number of nitrogens with one attached hydrogen (secondary N) is 1. The summed E-state index contributed by atoms with van der Waals surface area (Å²) in [7, 11) is 0. The molecule has 5 atom stereocenters. The summed E-state index contributed by atoms with van der Waals surface area (Å²) in [4.78, 5) is 50.7. The fraction of sp³-hybridized carbons (Fsp3) is 0.193. The first kappa shape index (κ1) is 105. The number of alkyl halides is 3. The van der Waals surface area contributed by atoms with Crippen LogP contribution in [0.3, 0.4) is 0 Å². The number of benzene rings is 12. The number of carbonyl (C=O) groups is 4. The Morgan fingerprint density at radius 3 is 0.940 bits per heavy atom. The van der Waals surface area contributed by atoms with Gasteiger partial charge in [0, 0.05) is 75.0 Å². The number of hydrogen-bond acceptors (Lipinski definition) is 14. The van der Waals surface area contributed by atoms with Crippen molar-refractivity contribution in [1.29, 1.82) is 0 Å². The van der Waals surface area contributed by atoms with Crippen LogP contribution < -0.4 is 15.1 Å². The number of fused-ring (bicyclic) bond motifs is 6. The van der Waals surface area contributed by atoms with Gasteiger partial charge in [0.25, 0.3) is 0 Å². The summed E-state index contributed by atoms with van der Waals surface area (Å²) in [6.45, 7) is 8.43. The predicted molar refractivity (Wildman–Crippen MR) is 539 cm³/mol. The van der Waals surface area contributed by atoms with E-state index in [4.69, 9.17) is 58.5 Å². The average Bonchev–Trinajstić information content (AvgIpc) is 1.71. The quantitative estimate of drug-likeness (QED) is 0.0291. The molecule has 0 radical (unpaired) electrons. The van der Waals surface area contributed by atoms with E-state index < -0.39 is 28.3 Å². The number of ether oxygens (including phenoxy) is 5. The molecule has 19 heteroatoms. The van der Waals surface area contributed by atoms with Gasteiger partial charge in [-0.05, 0) is 205 Å². The third-order valence-corrected chi connectivity index (χ3v) is 21.1. The molecule has 1 fully saturated rings. The monoisotopic (exact) mass is 2020 g/mol. The molecule has 3 unspecified atom stereocenters. The Bertz CT molecular complexity index is 5240. The SMILES string of the molecule is C1=CC(N2c3ccccc3CCc3ccccc32)COC1.CC(C)(C)OC(=O)OC1C=CCOC1.ClC(Cl)Cl.O=C(/C=C/c1ccccc1)/C=C/c1ccccc1.O=C(/C=C/c1ccccc1)/C=C/c1ccccc1.O=C(/C=C/c1ccccc1)/C=C/c1ccccc1.O[C@@H]1C(N2c3ccccc3CCc3ccccc32)COC[C@@H]1O.[Pd].[Pd].c1ccc2c(c1)CCc1ccccc1N2. The van der Waals surface area contributed by atoms with Crippen LogP contribution >= 0.6 is 34.8 Å². The largest absolute Gasteiger partial charge is 0.509 e. The Balaban J connectivity index is 0.000000174. The molecule has 0 spiro atoms. The van der Waals surface area contributed by atoms with Gasteiger partial charge in [0.2, 0.25) is 0 Å². The van der Waals surface area contributed by atoms with Gasteiger partial charge in [-0.3, -0.25) is 14.4 Å². The molecule has 0 amide bonds. The maximum atomic E-state index is 11.6. The van der Waals surface area contributed by atoms with Gasteiger partial charge in [0.05, 0.1) is 51.7 Å². The normalized spacial score (nSPS) is 16.5. The molecule has 0 aromatic heterocycles. The number of para-hydroxylation sites is 6. The summed E-state index contributed by atoms with van der Waals surface area (Å²) in [5.74, 6) is -0.0341. The molecular formula is C114H112Cl3N3O11Pd2. The number of rotatable bonds is 15. The standard InChI is InChI=1S/C19H21NO3.C19H19NO.3C17H14O.C14H13N.C10H16O4.CHCl3.2Pd/c21-18-12-23-11-17(19(18)22)20-15-7-3-1-5-13(15)9-10-14-6-2-4-8-16(14)20;1-3-9-18-15(6-1)11-12-16-7-2-4-10-19(16)20(18)17-8-5-13-21-14-17;3*18-17(13-11-15-7-3-1-4-8-15)14-12-16-9-5-2-6-10-16;1-3-7-13-11(5-1)9-10-12-6-2-4-8-14(12)15-13;1-10(2,3)14-9(11)13-8-5-4-6-12-7-8;2-1(3)4;;/h1-8,17-19,21-22H,9-12H2;1-10,17H,11-14H2;3*1-14H;1-8,15H,9-10H2;4-5,8H,6-7H2,1-3H3;1H;;/b;;3*13-11+,14-12+;;;;;/t17?,18-,19+;;;;;;;;;/m0........./s1. The Morgan fingerprint density at radius 2 is 0.639 bits per heavy atom. The van der Waals surface area contributed by atoms with Gasteiger partial charge in [-0.2, -0.15) is 0 Å². The number of nitrogens with zero attached hydrogens (tertiary/aromatic N) is 2. The smallest absolute Gasteiger partial charge is 0.429 e. The molecule has 6 heterocycles. The Hall–Kier alpha value is -11.8. The van der Waals surface area contributed by atoms with E-state index in [0.29, 0.717) is 19.8 Å². The number of allylic oxidation sites excluding steroid dienone is 6. The van der Waals surface area contributed by atoms with Crippen LogP contribution in [0.1, 0.15) is 87.5 Å². The van der Waals surface area contributed by atoms with Crippen molar-refractivity contribution in [2.45, 2.75) is 99.6 Å². The van der Waals surface area contributed by atoms with E-state index in [1.54, 1.807) is 63.3 Å². The van der Waals surface area contributed by atoms with E-state index >= 15 is 0 Å². The number of hydrogen-bond donors (Lipinski definition) is 3. The number of ketones is 3. The van der Waals surface area contributed by atoms with Crippen LogP contribution in [0.15, 0.2) is 388 Å². The van der Waals surface area contributed by atoms with Gasteiger partial charge < -0.3 is 49.0 Å². The Morgan fingerprint density at radius 1 is 0.361 bits per heavy atom. The molecule has 12 aromatic carbocycles. The third-order valence-electron chi connectivity index (χ3n) is 21.1. The summed E-state index contributed by atoms with van der Waals surface area (Å²) in [5, 5.41) is 24.1. The predicted octanol–water partition coefficient (Wildman–Crippen LogP) is 25.3. The van der Waals surface area contributed by atoms with Gasteiger partial charge in [-0.1, -0.05) is 381 Å². The van der Waals surface area contributed by atoms with Crippen molar-refractivity contribution < 1.29 is 93.9 Å². The molecule has 133 heavy (non-hydrogen) atoms. The summed E-state index contributed by atoms with van der Waals surface area (Å²) < 4.78 is 25.5. The van der Waals surface area contributed by atoms with Gasteiger partial charge in [-0.25, -0.2) is 4.79 Å². The van der Waals surface area contributed by atoms with Crippen LogP contribution in [-0.4, -0.2) is 114 Å². The van der Waals surface area contributed by atoms with Crippen molar-refractivity contribution in [3.05, 3.63) is 455 Å². The van der Waals surface area contributed by atoms with E-state index in [2.05, 4.69) is 161 Å². The molecule has 18 rings (SSSR count). The van der Waals surface area contributed by atoms with Crippen LogP contribution in [0.4, 0.5) is 38.9 Å². The first-order chi connectivity index (χ1) is 63.9. The topological polar surface area (TPSA) is 173 Å². The summed E-state index contributed by atoms with van der Waals surface area (Å²) in [6.07, 6.45) is 32.1. The van der Waals surface area contributed by atoms with E-state index in [0.717, 1.165) is 96.5 Å². The minimum absolute atomic E-state index is 0. The van der Waals surface area contributed by atoms with Crippen molar-refractivity contribution in [1.82, 2.24) is 0 Å². The van der Waals surface area contributed by atoms with E-state index in [1.165, 1.54) is 56.1 Å². The van der Waals surface area contributed by atoms with E-state index in [-0.39, 0.29) is 83.0 Å². The molecule has 12 aromatic rings. The zero-order valence-electron chi connectivity index (χ0n) is 74.6. The van der Waals surface area contributed by atoms with Crippen molar-refractivity contribution >= 4 is 129 Å². The number of aryl methyl sites for hydroxylation is 6. The van der Waals surface area contributed by atoms with Crippen LogP contribution in [0.25, 0.3) is 36.5 Å². The number of anilines is 6. The second-order valence-electron chi connectivity index (χ2n) is 31.9. The molecule has 0 bridgehead atoms. The van der Waals surface area contributed by atoms with Crippen LogP contribution in [-0.2, 0) is 117 Å². The number of aliphatic hydroxyl groups is 2. The molecule has 6 aliphatic rings. The number of halogens is 3. The Labute approximate surface area is 825 Å². The molecule has 0 saturated carbocycles. The van der Waals surface area contributed by atoms with Gasteiger partial charge in [0.1, 0.15) is 23.9 Å². The molecular weight excluding hydrogens is 1910 g/mol. The minimum Gasteiger partial charge on any atom is -0.429 e. The van der Waals surface area contributed by atoms with Crippen LogP contribution in [0.5, 0.6) is 0 Å². The van der Waals surface area contributed by atoms with Crippen LogP contribution in [0, 0.1) is 0 Å². The molecule has 3 N–H and O–H groups in total. The van der Waals surface area contributed by atoms with Gasteiger partial charge in [0.15, 0.2) is 21.6 Å². The van der Waals surface area contributed by atoms with Crippen LogP contribution in [0.2, 0.25) is 0 Å². The van der Waals surface area contributed by atoms with Crippen molar-refractivity contribution in [2.75, 3.05) is 54.8 Å². The number of aliphatic hydroxyl groups excluding tert-OH is 2. The molecule has 1 saturated heterocycles.